The molecule has 4 nitrogen and oxygen atoms in total. The van der Waals surface area contributed by atoms with E-state index < -0.39 is 0 Å². The Morgan fingerprint density at radius 1 is 1.08 bits per heavy atom. The zero-order chi connectivity index (χ0) is 17.9. The van der Waals surface area contributed by atoms with Gasteiger partial charge in [-0.15, -0.1) is 0 Å². The molecule has 2 amide bonds. The Morgan fingerprint density at radius 3 is 2.73 bits per heavy atom. The Bertz CT molecular complexity index is 816. The maximum atomic E-state index is 12.6. The molecule has 0 unspecified atom stereocenters. The fourth-order valence-corrected chi connectivity index (χ4v) is 3.97. The fraction of sp³-hybridized carbons (Fsp3) is 0.364. The molecule has 1 saturated heterocycles. The van der Waals surface area contributed by atoms with Gasteiger partial charge in [-0.25, -0.2) is 0 Å². The standard InChI is InChI=1S/C22H24N2O2/c25-21-14-19(15-24(21)12-11-16-5-2-1-3-6-16)22(26)23-20-10-9-17-7-4-8-18(17)13-20/h1-3,5-6,9-10,13,19H,4,7-8,11-12,14-15H2,(H,23,26)/t19-/m0/s1. The number of carbonyl (C=O) groups excluding carboxylic acids is 2. The third-order valence-electron chi connectivity index (χ3n) is 5.46. The minimum absolute atomic E-state index is 0.0430. The topological polar surface area (TPSA) is 49.4 Å². The second-order valence-corrected chi connectivity index (χ2v) is 7.30. The molecular formula is C22H24N2O2. The average Bonchev–Trinajstić information content (AvgIpc) is 3.27. The van der Waals surface area contributed by atoms with E-state index >= 15 is 0 Å². The monoisotopic (exact) mass is 348 g/mol. The van der Waals surface area contributed by atoms with Gasteiger partial charge < -0.3 is 10.2 Å². The summed E-state index contributed by atoms with van der Waals surface area (Å²) in [6, 6.07) is 16.3. The highest BCUT2D eigenvalue weighted by atomic mass is 16.2. The second-order valence-electron chi connectivity index (χ2n) is 7.30. The molecule has 4 heteroatoms. The van der Waals surface area contributed by atoms with E-state index in [1.165, 1.54) is 23.1 Å². The normalized spacial score (nSPS) is 18.8. The van der Waals surface area contributed by atoms with Crippen LogP contribution in [-0.4, -0.2) is 29.8 Å². The number of nitrogens with one attached hydrogen (secondary N) is 1. The van der Waals surface area contributed by atoms with Crippen molar-refractivity contribution in [1.29, 1.82) is 0 Å². The summed E-state index contributed by atoms with van der Waals surface area (Å²) in [6.45, 7) is 1.19. The van der Waals surface area contributed by atoms with Gasteiger partial charge in [0.25, 0.3) is 0 Å². The predicted octanol–water partition coefficient (Wildman–Crippen LogP) is 3.21. The lowest BCUT2D eigenvalue weighted by Gasteiger charge is -2.16. The van der Waals surface area contributed by atoms with E-state index in [0.717, 1.165) is 24.9 Å². The van der Waals surface area contributed by atoms with Crippen LogP contribution >= 0.6 is 0 Å². The number of hydrogen-bond donors (Lipinski definition) is 1. The van der Waals surface area contributed by atoms with E-state index in [1.54, 1.807) is 0 Å². The first-order chi connectivity index (χ1) is 12.7. The zero-order valence-corrected chi connectivity index (χ0v) is 14.9. The van der Waals surface area contributed by atoms with Crippen molar-refractivity contribution >= 4 is 17.5 Å². The van der Waals surface area contributed by atoms with Gasteiger partial charge in [-0.05, 0) is 54.5 Å². The number of fused-ring (bicyclic) bond motifs is 1. The molecule has 0 aromatic heterocycles. The summed E-state index contributed by atoms with van der Waals surface area (Å²) >= 11 is 0. The van der Waals surface area contributed by atoms with Crippen LogP contribution in [0.1, 0.15) is 29.5 Å². The van der Waals surface area contributed by atoms with Crippen LogP contribution in [0.2, 0.25) is 0 Å². The number of amides is 2. The first-order valence-corrected chi connectivity index (χ1v) is 9.43. The van der Waals surface area contributed by atoms with Crippen LogP contribution in [0.4, 0.5) is 5.69 Å². The first kappa shape index (κ1) is 16.8. The summed E-state index contributed by atoms with van der Waals surface area (Å²) in [5, 5.41) is 3.01. The van der Waals surface area contributed by atoms with Gasteiger partial charge in [-0.1, -0.05) is 36.4 Å². The summed E-state index contributed by atoms with van der Waals surface area (Å²) in [4.78, 5) is 26.7. The quantitative estimate of drug-likeness (QED) is 0.902. The molecule has 2 aliphatic rings. The molecule has 1 atom stereocenters. The van der Waals surface area contributed by atoms with Crippen LogP contribution in [-0.2, 0) is 28.9 Å². The van der Waals surface area contributed by atoms with Gasteiger partial charge in [0.15, 0.2) is 0 Å². The van der Waals surface area contributed by atoms with Gasteiger partial charge in [0.1, 0.15) is 0 Å². The van der Waals surface area contributed by atoms with E-state index in [-0.39, 0.29) is 17.7 Å². The highest BCUT2D eigenvalue weighted by Crippen LogP contribution is 2.26. The van der Waals surface area contributed by atoms with Crippen LogP contribution < -0.4 is 5.32 Å². The minimum atomic E-state index is -0.258. The third kappa shape index (κ3) is 3.64. The molecule has 2 aromatic rings. The van der Waals surface area contributed by atoms with Crippen LogP contribution in [0, 0.1) is 5.92 Å². The largest absolute Gasteiger partial charge is 0.342 e. The summed E-state index contributed by atoms with van der Waals surface area (Å²) in [6.07, 6.45) is 4.56. The first-order valence-electron chi connectivity index (χ1n) is 9.43. The number of aryl methyl sites for hydroxylation is 2. The lowest BCUT2D eigenvalue weighted by molar-refractivity contribution is -0.128. The van der Waals surface area contributed by atoms with E-state index in [4.69, 9.17) is 0 Å². The summed E-state index contributed by atoms with van der Waals surface area (Å²) < 4.78 is 0. The summed E-state index contributed by atoms with van der Waals surface area (Å²) in [5.74, 6) is -0.222. The molecule has 0 spiro atoms. The van der Waals surface area contributed by atoms with E-state index in [1.807, 2.05) is 29.2 Å². The third-order valence-corrected chi connectivity index (χ3v) is 5.46. The van der Waals surface area contributed by atoms with Crippen molar-refractivity contribution in [1.82, 2.24) is 4.90 Å². The molecule has 1 aliphatic heterocycles. The number of carbonyl (C=O) groups is 2. The molecule has 1 aliphatic carbocycles. The van der Waals surface area contributed by atoms with Crippen molar-refractivity contribution in [3.63, 3.8) is 0 Å². The number of anilines is 1. The van der Waals surface area contributed by atoms with Gasteiger partial charge in [-0.2, -0.15) is 0 Å². The van der Waals surface area contributed by atoms with Gasteiger partial charge in [0.2, 0.25) is 11.8 Å². The van der Waals surface area contributed by atoms with Crippen molar-refractivity contribution in [3.05, 3.63) is 65.2 Å². The van der Waals surface area contributed by atoms with Crippen LogP contribution in [0.25, 0.3) is 0 Å². The molecule has 0 bridgehead atoms. The average molecular weight is 348 g/mol. The highest BCUT2D eigenvalue weighted by Gasteiger charge is 2.34. The number of likely N-dealkylation sites (tertiary alicyclic amines) is 1. The fourth-order valence-electron chi connectivity index (χ4n) is 3.97. The maximum Gasteiger partial charge on any atom is 0.229 e. The molecule has 1 N–H and O–H groups in total. The lowest BCUT2D eigenvalue weighted by Crippen LogP contribution is -2.30. The molecule has 0 radical (unpaired) electrons. The number of nitrogens with zero attached hydrogens (tertiary/aromatic N) is 1. The Labute approximate surface area is 154 Å². The van der Waals surface area contributed by atoms with Crippen molar-refractivity contribution in [2.24, 2.45) is 5.92 Å². The lowest BCUT2D eigenvalue weighted by atomic mass is 10.1. The maximum absolute atomic E-state index is 12.6. The van der Waals surface area contributed by atoms with E-state index in [0.29, 0.717) is 19.5 Å². The van der Waals surface area contributed by atoms with Crippen molar-refractivity contribution < 1.29 is 9.59 Å². The van der Waals surface area contributed by atoms with Crippen LogP contribution in [0.5, 0.6) is 0 Å². The molecule has 0 saturated carbocycles. The van der Waals surface area contributed by atoms with E-state index in [2.05, 4.69) is 29.6 Å². The molecule has 26 heavy (non-hydrogen) atoms. The minimum Gasteiger partial charge on any atom is -0.342 e. The van der Waals surface area contributed by atoms with Gasteiger partial charge in [0.05, 0.1) is 5.92 Å². The van der Waals surface area contributed by atoms with Crippen LogP contribution in [0.3, 0.4) is 0 Å². The zero-order valence-electron chi connectivity index (χ0n) is 14.9. The Hall–Kier alpha value is -2.62. The second kappa shape index (κ2) is 7.32. The summed E-state index contributed by atoms with van der Waals surface area (Å²) in [7, 11) is 0. The van der Waals surface area contributed by atoms with E-state index in [9.17, 15) is 9.59 Å². The molecule has 4 rings (SSSR count). The Kier molecular flexibility index (Phi) is 4.74. The Balaban J connectivity index is 1.33. The van der Waals surface area contributed by atoms with Crippen LogP contribution in [0.15, 0.2) is 48.5 Å². The van der Waals surface area contributed by atoms with Crippen molar-refractivity contribution in [3.8, 4) is 0 Å². The number of hydrogen-bond acceptors (Lipinski definition) is 2. The number of rotatable bonds is 5. The molecule has 2 aromatic carbocycles. The molecule has 134 valence electrons. The predicted molar refractivity (Wildman–Crippen MR) is 102 cm³/mol. The van der Waals surface area contributed by atoms with Gasteiger partial charge >= 0.3 is 0 Å². The molecular weight excluding hydrogens is 324 g/mol. The highest BCUT2D eigenvalue weighted by molar-refractivity contribution is 5.97. The van der Waals surface area contributed by atoms with Crippen molar-refractivity contribution in [2.75, 3.05) is 18.4 Å². The summed E-state index contributed by atoms with van der Waals surface area (Å²) in [5.41, 5.74) is 4.80. The smallest absolute Gasteiger partial charge is 0.229 e. The van der Waals surface area contributed by atoms with Gasteiger partial charge in [-0.3, -0.25) is 9.59 Å². The molecule has 1 heterocycles. The molecule has 1 fully saturated rings. The van der Waals surface area contributed by atoms with Gasteiger partial charge in [0, 0.05) is 25.2 Å². The SMILES string of the molecule is O=C(Nc1ccc2c(c1)CCC2)[C@H]1CC(=O)N(CCc2ccccc2)C1. The van der Waals surface area contributed by atoms with Crippen molar-refractivity contribution in [2.45, 2.75) is 32.1 Å². The number of benzene rings is 2. The Morgan fingerprint density at radius 2 is 1.88 bits per heavy atom.